The van der Waals surface area contributed by atoms with Gasteiger partial charge in [0.1, 0.15) is 0 Å². The van der Waals surface area contributed by atoms with Crippen LogP contribution in [0.25, 0.3) is 0 Å². The van der Waals surface area contributed by atoms with E-state index in [-0.39, 0.29) is 5.25 Å². The summed E-state index contributed by atoms with van der Waals surface area (Å²) in [6, 6.07) is 0. The number of rotatable bonds is 2. The second kappa shape index (κ2) is 4.19. The smallest absolute Gasteiger partial charge is 0.212 e. The molecule has 1 rings (SSSR count). The molecule has 0 heterocycles. The van der Waals surface area contributed by atoms with E-state index in [4.69, 9.17) is 0 Å². The number of hydrogen-bond donors (Lipinski definition) is 0. The van der Waals surface area contributed by atoms with Gasteiger partial charge in [-0.05, 0) is 24.7 Å². The lowest BCUT2D eigenvalue weighted by atomic mass is 9.84. The minimum absolute atomic E-state index is 0.166. The van der Waals surface area contributed by atoms with Crippen molar-refractivity contribution in [3.05, 3.63) is 0 Å². The summed E-state index contributed by atoms with van der Waals surface area (Å²) in [5.74, 6) is 0.851. The Morgan fingerprint density at radius 2 is 1.71 bits per heavy atom. The Hall–Kier alpha value is -0.0900. The van der Waals surface area contributed by atoms with Crippen molar-refractivity contribution in [1.82, 2.24) is 4.31 Å². The molecular formula is C10H21NO2S. The first-order valence-corrected chi connectivity index (χ1v) is 6.77. The molecule has 0 aromatic heterocycles. The summed E-state index contributed by atoms with van der Waals surface area (Å²) in [6.07, 6.45) is 3.03. The van der Waals surface area contributed by atoms with Crippen LogP contribution in [0, 0.1) is 11.8 Å². The molecule has 1 aliphatic carbocycles. The molecular weight excluding hydrogens is 198 g/mol. The molecule has 0 radical (unpaired) electrons. The summed E-state index contributed by atoms with van der Waals surface area (Å²) >= 11 is 0. The van der Waals surface area contributed by atoms with Gasteiger partial charge >= 0.3 is 0 Å². The summed E-state index contributed by atoms with van der Waals surface area (Å²) in [5.41, 5.74) is 0. The Morgan fingerprint density at radius 1 is 1.14 bits per heavy atom. The Kier molecular flexibility index (Phi) is 3.58. The molecule has 0 N–H and O–H groups in total. The first-order valence-electron chi connectivity index (χ1n) is 5.27. The second-order valence-electron chi connectivity index (χ2n) is 4.76. The third kappa shape index (κ3) is 2.28. The summed E-state index contributed by atoms with van der Waals surface area (Å²) in [7, 11) is 0.204. The predicted octanol–water partition coefficient (Wildman–Crippen LogP) is 1.70. The maximum absolute atomic E-state index is 12.0. The van der Waals surface area contributed by atoms with E-state index in [2.05, 4.69) is 13.8 Å². The fourth-order valence-electron chi connectivity index (χ4n) is 2.17. The largest absolute Gasteiger partial charge is 0.216 e. The van der Waals surface area contributed by atoms with Crippen LogP contribution >= 0.6 is 0 Å². The molecule has 0 bridgehead atoms. The molecule has 4 heteroatoms. The minimum atomic E-state index is -3.05. The Balaban J connectivity index is 2.85. The molecule has 0 amide bonds. The lowest BCUT2D eigenvalue weighted by Gasteiger charge is -2.33. The van der Waals surface area contributed by atoms with Crippen molar-refractivity contribution in [2.24, 2.45) is 11.8 Å². The average molecular weight is 219 g/mol. The minimum Gasteiger partial charge on any atom is -0.212 e. The Morgan fingerprint density at radius 3 is 2.21 bits per heavy atom. The molecule has 3 nitrogen and oxygen atoms in total. The lowest BCUT2D eigenvalue weighted by molar-refractivity contribution is 0.301. The first-order chi connectivity index (χ1) is 6.35. The average Bonchev–Trinajstić information content (AvgIpc) is 2.08. The molecule has 0 aliphatic heterocycles. The van der Waals surface area contributed by atoms with E-state index >= 15 is 0 Å². The third-order valence-electron chi connectivity index (χ3n) is 3.28. The predicted molar refractivity (Wildman–Crippen MR) is 58.6 cm³/mol. The standard InChI is InChI=1S/C10H21NO2S/c1-8-5-6-9(2)10(7-8)14(12,13)11(3)4/h8-10H,5-7H2,1-4H3. The van der Waals surface area contributed by atoms with Crippen molar-refractivity contribution in [3.63, 3.8) is 0 Å². The molecule has 1 aliphatic rings. The molecule has 0 aromatic carbocycles. The van der Waals surface area contributed by atoms with Crippen LogP contribution in [-0.4, -0.2) is 32.1 Å². The number of hydrogen-bond acceptors (Lipinski definition) is 2. The van der Waals surface area contributed by atoms with Gasteiger partial charge in [-0.1, -0.05) is 20.3 Å². The maximum Gasteiger partial charge on any atom is 0.216 e. The topological polar surface area (TPSA) is 37.4 Å². The zero-order valence-corrected chi connectivity index (χ0v) is 10.3. The van der Waals surface area contributed by atoms with Crippen molar-refractivity contribution in [2.45, 2.75) is 38.4 Å². The molecule has 84 valence electrons. The summed E-state index contributed by atoms with van der Waals surface area (Å²) in [6.45, 7) is 4.20. The second-order valence-corrected chi connectivity index (χ2v) is 7.13. The molecule has 1 saturated carbocycles. The van der Waals surface area contributed by atoms with E-state index in [0.29, 0.717) is 11.8 Å². The Bertz CT molecular complexity index is 284. The molecule has 3 atom stereocenters. The van der Waals surface area contributed by atoms with E-state index in [1.807, 2.05) is 0 Å². The van der Waals surface area contributed by atoms with E-state index in [0.717, 1.165) is 12.8 Å². The molecule has 0 spiro atoms. The maximum atomic E-state index is 12.0. The fourth-order valence-corrected chi connectivity index (χ4v) is 4.00. The summed E-state index contributed by atoms with van der Waals surface area (Å²) < 4.78 is 25.3. The van der Waals surface area contributed by atoms with Gasteiger partial charge in [0, 0.05) is 14.1 Å². The van der Waals surface area contributed by atoms with Gasteiger partial charge < -0.3 is 0 Å². The van der Waals surface area contributed by atoms with Crippen molar-refractivity contribution in [1.29, 1.82) is 0 Å². The number of nitrogens with zero attached hydrogens (tertiary/aromatic N) is 1. The first kappa shape index (κ1) is 12.0. The highest BCUT2D eigenvalue weighted by molar-refractivity contribution is 7.89. The third-order valence-corrected chi connectivity index (χ3v) is 5.72. The molecule has 0 saturated heterocycles. The highest BCUT2D eigenvalue weighted by Gasteiger charge is 2.36. The van der Waals surface area contributed by atoms with Crippen LogP contribution in [0.2, 0.25) is 0 Å². The van der Waals surface area contributed by atoms with Crippen LogP contribution in [0.15, 0.2) is 0 Å². The Labute approximate surface area is 87.5 Å². The van der Waals surface area contributed by atoms with Crippen LogP contribution < -0.4 is 0 Å². The van der Waals surface area contributed by atoms with Crippen LogP contribution in [0.5, 0.6) is 0 Å². The van der Waals surface area contributed by atoms with Gasteiger partial charge in [0.05, 0.1) is 5.25 Å². The normalized spacial score (nSPS) is 34.8. The summed E-state index contributed by atoms with van der Waals surface area (Å²) in [4.78, 5) is 0. The lowest BCUT2D eigenvalue weighted by Crippen LogP contribution is -2.40. The molecule has 0 aromatic rings. The van der Waals surface area contributed by atoms with Gasteiger partial charge in [0.15, 0.2) is 0 Å². The van der Waals surface area contributed by atoms with Gasteiger partial charge in [-0.15, -0.1) is 0 Å². The van der Waals surface area contributed by atoms with Crippen molar-refractivity contribution < 1.29 is 8.42 Å². The highest BCUT2D eigenvalue weighted by Crippen LogP contribution is 2.33. The SMILES string of the molecule is CC1CCC(C)C(S(=O)(=O)N(C)C)C1. The monoisotopic (exact) mass is 219 g/mol. The zero-order chi connectivity index (χ0) is 10.9. The van der Waals surface area contributed by atoms with Gasteiger partial charge in [-0.25, -0.2) is 12.7 Å². The molecule has 14 heavy (non-hydrogen) atoms. The zero-order valence-electron chi connectivity index (χ0n) is 9.53. The van der Waals surface area contributed by atoms with E-state index in [1.165, 1.54) is 10.7 Å². The fraction of sp³-hybridized carbons (Fsp3) is 1.00. The van der Waals surface area contributed by atoms with Crippen LogP contribution in [0.3, 0.4) is 0 Å². The quantitative estimate of drug-likeness (QED) is 0.709. The van der Waals surface area contributed by atoms with Crippen molar-refractivity contribution >= 4 is 10.0 Å². The van der Waals surface area contributed by atoms with Gasteiger partial charge in [0.25, 0.3) is 0 Å². The van der Waals surface area contributed by atoms with Crippen LogP contribution in [0.1, 0.15) is 33.1 Å². The highest BCUT2D eigenvalue weighted by atomic mass is 32.2. The van der Waals surface area contributed by atoms with E-state index in [9.17, 15) is 8.42 Å². The van der Waals surface area contributed by atoms with Gasteiger partial charge in [0.2, 0.25) is 10.0 Å². The van der Waals surface area contributed by atoms with Gasteiger partial charge in [-0.2, -0.15) is 0 Å². The molecule has 1 fully saturated rings. The van der Waals surface area contributed by atoms with E-state index in [1.54, 1.807) is 14.1 Å². The van der Waals surface area contributed by atoms with Crippen LogP contribution in [-0.2, 0) is 10.0 Å². The summed E-state index contributed by atoms with van der Waals surface area (Å²) in [5, 5.41) is -0.166. The number of sulfonamides is 1. The van der Waals surface area contributed by atoms with Crippen molar-refractivity contribution in [2.75, 3.05) is 14.1 Å². The van der Waals surface area contributed by atoms with Crippen molar-refractivity contribution in [3.8, 4) is 0 Å². The molecule has 3 unspecified atom stereocenters. The van der Waals surface area contributed by atoms with Gasteiger partial charge in [-0.3, -0.25) is 0 Å². The van der Waals surface area contributed by atoms with E-state index < -0.39 is 10.0 Å². The van der Waals surface area contributed by atoms with Crippen LogP contribution in [0.4, 0.5) is 0 Å².